The normalized spacial score (nSPS) is 10.6. The molecule has 6 heteroatoms. The smallest absolute Gasteiger partial charge is 0.328 e. The molecule has 0 saturated carbocycles. The van der Waals surface area contributed by atoms with Crippen molar-refractivity contribution in [3.8, 4) is 0 Å². The van der Waals surface area contributed by atoms with Crippen molar-refractivity contribution in [1.82, 2.24) is 0 Å². The molecule has 0 spiro atoms. The van der Waals surface area contributed by atoms with Crippen LogP contribution in [0, 0.1) is 5.41 Å². The van der Waals surface area contributed by atoms with E-state index in [9.17, 15) is 9.59 Å². The number of benzene rings is 2. The van der Waals surface area contributed by atoms with Crippen molar-refractivity contribution in [1.29, 1.82) is 5.41 Å². The summed E-state index contributed by atoms with van der Waals surface area (Å²) in [6, 6.07) is 14.3. The molecule has 0 aromatic heterocycles. The van der Waals surface area contributed by atoms with Gasteiger partial charge < -0.3 is 16.2 Å². The van der Waals surface area contributed by atoms with Crippen LogP contribution in [0.4, 0.5) is 5.69 Å². The third kappa shape index (κ3) is 5.95. The van der Waals surface area contributed by atoms with E-state index < -0.39 is 5.97 Å². The van der Waals surface area contributed by atoms with Gasteiger partial charge in [-0.05, 0) is 41.8 Å². The van der Waals surface area contributed by atoms with Crippen LogP contribution in [0.3, 0.4) is 0 Å². The van der Waals surface area contributed by atoms with E-state index in [0.29, 0.717) is 29.7 Å². The Hall–Kier alpha value is -3.41. The molecule has 0 amide bonds. The highest BCUT2D eigenvalue weighted by Crippen LogP contribution is 2.15. The first kappa shape index (κ1) is 17.9. The quantitative estimate of drug-likeness (QED) is 0.268. The number of nitrogens with one attached hydrogen (secondary N) is 2. The van der Waals surface area contributed by atoms with Gasteiger partial charge in [0.05, 0.1) is 0 Å². The molecule has 5 N–H and O–H groups in total. The van der Waals surface area contributed by atoms with E-state index >= 15 is 0 Å². The third-order valence-corrected chi connectivity index (χ3v) is 3.47. The molecule has 128 valence electrons. The highest BCUT2D eigenvalue weighted by molar-refractivity contribution is 5.97. The summed E-state index contributed by atoms with van der Waals surface area (Å²) in [6.07, 6.45) is 3.38. The number of hydrogen-bond donors (Lipinski definition) is 4. The van der Waals surface area contributed by atoms with Crippen molar-refractivity contribution in [3.63, 3.8) is 0 Å². The van der Waals surface area contributed by atoms with Gasteiger partial charge in [-0.15, -0.1) is 0 Å². The standard InChI is InChI=1S/C19H19N3O3/c20-19(21)22-16-6-2-4-14(12-16)7-9-17(23)15-5-1-3-13(11-15)8-10-18(24)25/h1-6,8,10-12H,7,9H2,(H,24,25)(H4,20,21,22). The fourth-order valence-electron chi connectivity index (χ4n) is 2.35. The number of carboxylic acid groups (broad SMARTS) is 1. The molecular formula is C19H19N3O3. The number of carbonyl (C=O) groups excluding carboxylic acids is 1. The maximum atomic E-state index is 12.4. The van der Waals surface area contributed by atoms with Crippen LogP contribution in [0.25, 0.3) is 6.08 Å². The zero-order valence-electron chi connectivity index (χ0n) is 13.5. The summed E-state index contributed by atoms with van der Waals surface area (Å²) in [5.74, 6) is -1.19. The maximum Gasteiger partial charge on any atom is 0.328 e. The van der Waals surface area contributed by atoms with Crippen molar-refractivity contribution in [2.24, 2.45) is 5.73 Å². The molecule has 0 fully saturated rings. The number of anilines is 1. The first-order valence-corrected chi connectivity index (χ1v) is 7.68. The van der Waals surface area contributed by atoms with Crippen molar-refractivity contribution in [2.45, 2.75) is 12.8 Å². The van der Waals surface area contributed by atoms with Crippen molar-refractivity contribution in [2.75, 3.05) is 5.32 Å². The van der Waals surface area contributed by atoms with Crippen molar-refractivity contribution < 1.29 is 14.7 Å². The minimum atomic E-state index is -1.03. The van der Waals surface area contributed by atoms with Gasteiger partial charge in [0.25, 0.3) is 0 Å². The van der Waals surface area contributed by atoms with Gasteiger partial charge >= 0.3 is 5.97 Å². The van der Waals surface area contributed by atoms with E-state index in [1.807, 2.05) is 18.2 Å². The Balaban J connectivity index is 2.02. The minimum absolute atomic E-state index is 0.0181. The summed E-state index contributed by atoms with van der Waals surface area (Å²) in [4.78, 5) is 22.9. The Morgan fingerprint density at radius 2 is 1.92 bits per heavy atom. The Labute approximate surface area is 145 Å². The second-order valence-electron chi connectivity index (χ2n) is 5.46. The van der Waals surface area contributed by atoms with Crippen LogP contribution in [0.15, 0.2) is 54.6 Å². The maximum absolute atomic E-state index is 12.4. The zero-order valence-corrected chi connectivity index (χ0v) is 13.5. The molecule has 0 unspecified atom stereocenters. The SMILES string of the molecule is N=C(N)Nc1cccc(CCC(=O)c2cccc(C=CC(=O)O)c2)c1. The molecule has 0 aliphatic heterocycles. The molecule has 2 aromatic carbocycles. The van der Waals surface area contributed by atoms with Gasteiger partial charge in [-0.2, -0.15) is 0 Å². The van der Waals surface area contributed by atoms with Crippen molar-refractivity contribution >= 4 is 29.5 Å². The summed E-state index contributed by atoms with van der Waals surface area (Å²) >= 11 is 0. The average Bonchev–Trinajstić information content (AvgIpc) is 2.58. The predicted molar refractivity (Wildman–Crippen MR) is 97.7 cm³/mol. The summed E-state index contributed by atoms with van der Waals surface area (Å²) in [5.41, 5.74) is 8.19. The minimum Gasteiger partial charge on any atom is -0.478 e. The second kappa shape index (κ2) is 8.44. The summed E-state index contributed by atoms with van der Waals surface area (Å²) in [7, 11) is 0. The largest absolute Gasteiger partial charge is 0.478 e. The Morgan fingerprint density at radius 3 is 2.64 bits per heavy atom. The molecule has 2 aromatic rings. The second-order valence-corrected chi connectivity index (χ2v) is 5.46. The van der Waals surface area contributed by atoms with Crippen LogP contribution in [-0.4, -0.2) is 22.8 Å². The lowest BCUT2D eigenvalue weighted by Crippen LogP contribution is -2.20. The predicted octanol–water partition coefficient (Wildman–Crippen LogP) is 2.91. The zero-order chi connectivity index (χ0) is 18.2. The Bertz CT molecular complexity index is 828. The molecule has 2 rings (SSSR count). The van der Waals surface area contributed by atoms with Gasteiger partial charge in [0.1, 0.15) is 0 Å². The van der Waals surface area contributed by atoms with Crippen LogP contribution < -0.4 is 11.1 Å². The number of guanidine groups is 1. The number of ketones is 1. The monoisotopic (exact) mass is 337 g/mol. The molecular weight excluding hydrogens is 318 g/mol. The first-order chi connectivity index (χ1) is 11.9. The molecule has 0 aliphatic rings. The lowest BCUT2D eigenvalue weighted by Gasteiger charge is -2.07. The molecule has 6 nitrogen and oxygen atoms in total. The summed E-state index contributed by atoms with van der Waals surface area (Å²) in [5, 5.41) is 18.6. The van der Waals surface area contributed by atoms with Gasteiger partial charge in [-0.1, -0.05) is 30.3 Å². The van der Waals surface area contributed by atoms with E-state index in [1.165, 1.54) is 6.08 Å². The molecule has 0 aliphatic carbocycles. The van der Waals surface area contributed by atoms with Crippen LogP contribution in [-0.2, 0) is 11.2 Å². The highest BCUT2D eigenvalue weighted by Gasteiger charge is 2.07. The number of nitrogens with two attached hydrogens (primary N) is 1. The first-order valence-electron chi connectivity index (χ1n) is 7.68. The van der Waals surface area contributed by atoms with Crippen molar-refractivity contribution in [3.05, 3.63) is 71.3 Å². The van der Waals surface area contributed by atoms with Crippen LogP contribution in [0.1, 0.15) is 27.9 Å². The van der Waals surface area contributed by atoms with E-state index in [-0.39, 0.29) is 11.7 Å². The van der Waals surface area contributed by atoms with Crippen LogP contribution >= 0.6 is 0 Å². The Morgan fingerprint density at radius 1 is 1.16 bits per heavy atom. The molecule has 0 radical (unpaired) electrons. The molecule has 0 atom stereocenters. The van der Waals surface area contributed by atoms with E-state index in [1.54, 1.807) is 30.3 Å². The highest BCUT2D eigenvalue weighted by atomic mass is 16.4. The van der Waals surface area contributed by atoms with Gasteiger partial charge in [0.15, 0.2) is 11.7 Å². The van der Waals surface area contributed by atoms with E-state index in [4.69, 9.17) is 16.2 Å². The van der Waals surface area contributed by atoms with Crippen LogP contribution in [0.2, 0.25) is 0 Å². The van der Waals surface area contributed by atoms with Gasteiger partial charge in [-0.3, -0.25) is 10.2 Å². The number of aliphatic carboxylic acids is 1. The number of carboxylic acids is 1. The molecule has 25 heavy (non-hydrogen) atoms. The third-order valence-electron chi connectivity index (χ3n) is 3.47. The summed E-state index contributed by atoms with van der Waals surface area (Å²) in [6.45, 7) is 0. The van der Waals surface area contributed by atoms with Gasteiger partial charge in [0.2, 0.25) is 0 Å². The molecule has 0 bridgehead atoms. The molecule has 0 heterocycles. The summed E-state index contributed by atoms with van der Waals surface area (Å²) < 4.78 is 0. The number of carbonyl (C=O) groups is 2. The fraction of sp³-hybridized carbons (Fsp3) is 0.105. The number of rotatable bonds is 7. The average molecular weight is 337 g/mol. The molecule has 0 saturated heterocycles. The lowest BCUT2D eigenvalue weighted by molar-refractivity contribution is -0.131. The van der Waals surface area contributed by atoms with E-state index in [0.717, 1.165) is 11.6 Å². The number of hydrogen-bond acceptors (Lipinski definition) is 3. The van der Waals surface area contributed by atoms with Gasteiger partial charge in [-0.25, -0.2) is 4.79 Å². The number of aryl methyl sites for hydroxylation is 1. The Kier molecular flexibility index (Phi) is 6.06. The topological polar surface area (TPSA) is 116 Å². The van der Waals surface area contributed by atoms with E-state index in [2.05, 4.69) is 5.32 Å². The fourth-order valence-corrected chi connectivity index (χ4v) is 2.35. The van der Waals surface area contributed by atoms with Crippen LogP contribution in [0.5, 0.6) is 0 Å². The van der Waals surface area contributed by atoms with Gasteiger partial charge in [0, 0.05) is 23.7 Å². The lowest BCUT2D eigenvalue weighted by atomic mass is 10.0. The number of Topliss-reactive ketones (excluding diaryl/α,β-unsaturated/α-hetero) is 1.